The maximum Gasteiger partial charge on any atom is 0.337 e. The minimum absolute atomic E-state index is 0.0797. The number of sulfonamides is 1. The van der Waals surface area contributed by atoms with Crippen LogP contribution in [-0.2, 0) is 19.6 Å². The first-order chi connectivity index (χ1) is 14.2. The molecule has 1 aliphatic heterocycles. The lowest BCUT2D eigenvalue weighted by molar-refractivity contribution is -0.120. The normalized spacial score (nSPS) is 17.4. The van der Waals surface area contributed by atoms with Gasteiger partial charge in [0.2, 0.25) is 15.9 Å². The number of carbonyl (C=O) groups is 2. The molecule has 2 aromatic rings. The zero-order valence-electron chi connectivity index (χ0n) is 16.7. The van der Waals surface area contributed by atoms with Crippen molar-refractivity contribution in [2.75, 3.05) is 25.5 Å². The second kappa shape index (κ2) is 9.16. The minimum atomic E-state index is -3.68. The van der Waals surface area contributed by atoms with Crippen LogP contribution in [0.5, 0.6) is 0 Å². The number of hydrogen-bond donors (Lipinski definition) is 1. The highest BCUT2D eigenvalue weighted by molar-refractivity contribution is 7.89. The molecule has 0 aromatic heterocycles. The van der Waals surface area contributed by atoms with E-state index in [9.17, 15) is 18.0 Å². The molecule has 0 aliphatic carbocycles. The number of amides is 1. The Morgan fingerprint density at radius 3 is 2.53 bits per heavy atom. The number of benzene rings is 2. The molecule has 1 heterocycles. The van der Waals surface area contributed by atoms with Crippen LogP contribution in [0.2, 0.25) is 5.02 Å². The first-order valence-electron chi connectivity index (χ1n) is 9.48. The summed E-state index contributed by atoms with van der Waals surface area (Å²) < 4.78 is 31.9. The Hall–Kier alpha value is -2.42. The lowest BCUT2D eigenvalue weighted by Crippen LogP contribution is -2.43. The number of aryl methyl sites for hydroxylation is 1. The Morgan fingerprint density at radius 2 is 1.87 bits per heavy atom. The van der Waals surface area contributed by atoms with Gasteiger partial charge in [0.1, 0.15) is 0 Å². The van der Waals surface area contributed by atoms with Crippen molar-refractivity contribution in [2.45, 2.75) is 24.7 Å². The van der Waals surface area contributed by atoms with E-state index in [4.69, 9.17) is 11.6 Å². The van der Waals surface area contributed by atoms with Crippen LogP contribution in [-0.4, -0.2) is 44.8 Å². The highest BCUT2D eigenvalue weighted by atomic mass is 35.5. The van der Waals surface area contributed by atoms with Crippen LogP contribution < -0.4 is 5.32 Å². The molecule has 0 radical (unpaired) electrons. The largest absolute Gasteiger partial charge is 0.465 e. The summed E-state index contributed by atoms with van der Waals surface area (Å²) in [6, 6.07) is 11.1. The summed E-state index contributed by atoms with van der Waals surface area (Å²) in [5.41, 5.74) is 1.50. The van der Waals surface area contributed by atoms with Gasteiger partial charge in [-0.15, -0.1) is 0 Å². The summed E-state index contributed by atoms with van der Waals surface area (Å²) in [5, 5.41) is 2.99. The van der Waals surface area contributed by atoms with Crippen molar-refractivity contribution in [2.24, 2.45) is 5.92 Å². The molecular weight excluding hydrogens is 428 g/mol. The molecule has 1 fully saturated rings. The Morgan fingerprint density at radius 1 is 1.17 bits per heavy atom. The van der Waals surface area contributed by atoms with Gasteiger partial charge in [-0.2, -0.15) is 4.31 Å². The molecule has 1 amide bonds. The molecule has 160 valence electrons. The van der Waals surface area contributed by atoms with Crippen molar-refractivity contribution in [3.63, 3.8) is 0 Å². The van der Waals surface area contributed by atoms with Crippen LogP contribution >= 0.6 is 11.6 Å². The van der Waals surface area contributed by atoms with E-state index in [1.165, 1.54) is 29.6 Å². The van der Waals surface area contributed by atoms with E-state index in [1.807, 2.05) is 6.92 Å². The van der Waals surface area contributed by atoms with Crippen molar-refractivity contribution >= 4 is 39.2 Å². The molecule has 2 aromatic carbocycles. The van der Waals surface area contributed by atoms with Gasteiger partial charge in [0, 0.05) is 13.1 Å². The molecule has 3 rings (SSSR count). The first kappa shape index (κ1) is 22.3. The number of carbonyl (C=O) groups excluding carboxylic acids is 2. The van der Waals surface area contributed by atoms with Gasteiger partial charge in [-0.05, 0) is 50.1 Å². The molecule has 9 heteroatoms. The van der Waals surface area contributed by atoms with Gasteiger partial charge in [-0.1, -0.05) is 29.3 Å². The summed E-state index contributed by atoms with van der Waals surface area (Å²) in [4.78, 5) is 24.7. The van der Waals surface area contributed by atoms with Gasteiger partial charge in [-0.25, -0.2) is 13.2 Å². The number of methoxy groups -OCH3 is 1. The minimum Gasteiger partial charge on any atom is -0.465 e. The van der Waals surface area contributed by atoms with Crippen LogP contribution in [0.15, 0.2) is 47.4 Å². The number of halogens is 1. The third-order valence-corrected chi connectivity index (χ3v) is 7.27. The van der Waals surface area contributed by atoms with E-state index in [1.54, 1.807) is 24.3 Å². The van der Waals surface area contributed by atoms with Crippen LogP contribution in [0.25, 0.3) is 0 Å². The number of nitrogens with one attached hydrogen (secondary N) is 1. The number of nitrogens with zero attached hydrogens (tertiary/aromatic N) is 1. The highest BCUT2D eigenvalue weighted by Crippen LogP contribution is 2.27. The number of rotatable bonds is 5. The predicted octanol–water partition coefficient (Wildman–Crippen LogP) is 3.47. The zero-order valence-corrected chi connectivity index (χ0v) is 18.3. The molecule has 30 heavy (non-hydrogen) atoms. The number of ether oxygens (including phenoxy) is 1. The van der Waals surface area contributed by atoms with Gasteiger partial charge in [-0.3, -0.25) is 4.79 Å². The van der Waals surface area contributed by atoms with Crippen molar-refractivity contribution in [1.29, 1.82) is 0 Å². The quantitative estimate of drug-likeness (QED) is 0.704. The zero-order chi connectivity index (χ0) is 21.9. The van der Waals surface area contributed by atoms with Crippen molar-refractivity contribution in [1.82, 2.24) is 4.31 Å². The Bertz CT molecular complexity index is 1050. The molecule has 0 unspecified atom stereocenters. The molecular formula is C21H23ClN2O5S. The molecule has 7 nitrogen and oxygen atoms in total. The summed E-state index contributed by atoms with van der Waals surface area (Å²) in [7, 11) is -2.42. The molecule has 1 N–H and O–H groups in total. The van der Waals surface area contributed by atoms with E-state index in [0.717, 1.165) is 5.56 Å². The second-order valence-electron chi connectivity index (χ2n) is 7.19. The lowest BCUT2D eigenvalue weighted by Gasteiger charge is -2.31. The van der Waals surface area contributed by atoms with E-state index in [2.05, 4.69) is 10.1 Å². The van der Waals surface area contributed by atoms with Gasteiger partial charge >= 0.3 is 5.97 Å². The fraction of sp³-hybridized carbons (Fsp3) is 0.333. The average Bonchev–Trinajstić information content (AvgIpc) is 2.75. The smallest absolute Gasteiger partial charge is 0.337 e. The molecule has 1 saturated heterocycles. The summed E-state index contributed by atoms with van der Waals surface area (Å²) in [6.07, 6.45) is 1.12. The topological polar surface area (TPSA) is 92.8 Å². The Balaban J connectivity index is 1.75. The van der Waals surface area contributed by atoms with Gasteiger partial charge in [0.15, 0.2) is 0 Å². The number of piperidine rings is 1. The average molecular weight is 451 g/mol. The standard InChI is InChI=1S/C21H23ClN2O5S/c1-14-5-8-17(9-6-14)30(27,28)24-11-3-4-16(13-24)20(25)23-19-12-15(21(26)29-2)7-10-18(19)22/h5-10,12,16H,3-4,11,13H2,1-2H3,(H,23,25)/t16-/m0/s1. The summed E-state index contributed by atoms with van der Waals surface area (Å²) in [6.45, 7) is 2.33. The van der Waals surface area contributed by atoms with Crippen molar-refractivity contribution in [3.8, 4) is 0 Å². The van der Waals surface area contributed by atoms with Crippen LogP contribution in [0, 0.1) is 12.8 Å². The number of hydrogen-bond acceptors (Lipinski definition) is 5. The summed E-state index contributed by atoms with van der Waals surface area (Å²) in [5.74, 6) is -1.42. The molecule has 0 bridgehead atoms. The van der Waals surface area contributed by atoms with Gasteiger partial charge in [0.25, 0.3) is 0 Å². The molecule has 1 aliphatic rings. The molecule has 1 atom stereocenters. The van der Waals surface area contributed by atoms with Gasteiger partial charge in [0.05, 0.1) is 34.2 Å². The van der Waals surface area contributed by atoms with Gasteiger partial charge < -0.3 is 10.1 Å². The van der Waals surface area contributed by atoms with Crippen molar-refractivity contribution < 1.29 is 22.7 Å². The van der Waals surface area contributed by atoms with Crippen molar-refractivity contribution in [3.05, 3.63) is 58.6 Å². The summed E-state index contributed by atoms with van der Waals surface area (Å²) >= 11 is 6.15. The third kappa shape index (κ3) is 4.83. The van der Waals surface area contributed by atoms with E-state index >= 15 is 0 Å². The third-order valence-electron chi connectivity index (χ3n) is 5.06. The Labute approximate surface area is 181 Å². The van der Waals surface area contributed by atoms with E-state index < -0.39 is 21.9 Å². The second-order valence-corrected chi connectivity index (χ2v) is 9.54. The number of anilines is 1. The van der Waals surface area contributed by atoms with Crippen LogP contribution in [0.3, 0.4) is 0 Å². The maximum atomic E-state index is 13.0. The van der Waals surface area contributed by atoms with Crippen LogP contribution in [0.1, 0.15) is 28.8 Å². The monoisotopic (exact) mass is 450 g/mol. The molecule has 0 spiro atoms. The Kier molecular flexibility index (Phi) is 6.80. The first-order valence-corrected chi connectivity index (χ1v) is 11.3. The maximum absolute atomic E-state index is 13.0. The van der Waals surface area contributed by atoms with E-state index in [0.29, 0.717) is 19.4 Å². The highest BCUT2D eigenvalue weighted by Gasteiger charge is 2.33. The fourth-order valence-electron chi connectivity index (χ4n) is 3.33. The SMILES string of the molecule is COC(=O)c1ccc(Cl)c(NC(=O)[C@H]2CCCN(S(=O)(=O)c3ccc(C)cc3)C2)c1. The van der Waals surface area contributed by atoms with Crippen LogP contribution in [0.4, 0.5) is 5.69 Å². The predicted molar refractivity (Wildman–Crippen MR) is 114 cm³/mol. The number of esters is 1. The van der Waals surface area contributed by atoms with E-state index in [-0.39, 0.29) is 33.6 Å². The molecule has 0 saturated carbocycles. The lowest BCUT2D eigenvalue weighted by atomic mass is 9.98. The fourth-order valence-corrected chi connectivity index (χ4v) is 5.02.